The highest BCUT2D eigenvalue weighted by molar-refractivity contribution is 7.92. The average Bonchev–Trinajstić information content (AvgIpc) is 3.56. The number of hydrogen-bond acceptors (Lipinski definition) is 8. The molecule has 1 saturated heterocycles. The van der Waals surface area contributed by atoms with Crippen LogP contribution in [0.5, 0.6) is 0 Å². The topological polar surface area (TPSA) is 111 Å². The molecule has 1 N–H and O–H groups in total. The molecule has 0 atom stereocenters. The van der Waals surface area contributed by atoms with Crippen LogP contribution in [-0.4, -0.2) is 44.9 Å². The summed E-state index contributed by atoms with van der Waals surface area (Å²) in [4.78, 5) is 2.20. The number of hydrogen-bond donors (Lipinski definition) is 1. The first-order chi connectivity index (χ1) is 15.1. The van der Waals surface area contributed by atoms with Gasteiger partial charge in [-0.25, -0.2) is 0 Å². The van der Waals surface area contributed by atoms with E-state index >= 15 is 0 Å². The molecule has 10 heteroatoms. The molecular weight excluding hydrogens is 420 g/mol. The number of morpholine rings is 1. The highest BCUT2D eigenvalue weighted by Gasteiger charge is 2.25. The molecule has 1 aliphatic carbocycles. The normalized spacial score (nSPS) is 17.9. The molecule has 1 saturated carbocycles. The fourth-order valence-electron chi connectivity index (χ4n) is 4.02. The number of rotatable bonds is 6. The van der Waals surface area contributed by atoms with Crippen LogP contribution in [0.1, 0.15) is 37.5 Å². The van der Waals surface area contributed by atoms with E-state index in [1.807, 2.05) is 12.1 Å². The van der Waals surface area contributed by atoms with E-state index in [9.17, 15) is 8.42 Å². The van der Waals surface area contributed by atoms with Crippen LogP contribution in [0.2, 0.25) is 0 Å². The summed E-state index contributed by atoms with van der Waals surface area (Å²) in [6.45, 7) is 3.02. The van der Waals surface area contributed by atoms with E-state index in [4.69, 9.17) is 13.6 Å². The van der Waals surface area contributed by atoms with Crippen LogP contribution in [0.3, 0.4) is 0 Å². The maximum atomic E-state index is 12.7. The highest BCUT2D eigenvalue weighted by atomic mass is 32.2. The second kappa shape index (κ2) is 8.35. The Morgan fingerprint density at radius 3 is 2.42 bits per heavy atom. The van der Waals surface area contributed by atoms with Crippen LogP contribution in [0, 0.1) is 0 Å². The van der Waals surface area contributed by atoms with E-state index in [0.29, 0.717) is 24.8 Å². The Balaban J connectivity index is 1.28. The SMILES string of the molecule is O=S(=O)(Nc1ccc(N2CCOCC2)cc1)c1ccc(-c2nnc(C3CCCC3)o2)o1. The summed E-state index contributed by atoms with van der Waals surface area (Å²) >= 11 is 0. The fourth-order valence-corrected chi connectivity index (χ4v) is 5.01. The number of benzene rings is 1. The summed E-state index contributed by atoms with van der Waals surface area (Å²) in [6.07, 6.45) is 4.39. The van der Waals surface area contributed by atoms with Gasteiger partial charge in [-0.15, -0.1) is 10.2 Å². The molecule has 5 rings (SSSR count). The Morgan fingerprint density at radius 1 is 0.935 bits per heavy atom. The van der Waals surface area contributed by atoms with Crippen molar-refractivity contribution in [3.8, 4) is 11.7 Å². The van der Waals surface area contributed by atoms with Crippen LogP contribution >= 0.6 is 0 Å². The van der Waals surface area contributed by atoms with Crippen molar-refractivity contribution in [2.24, 2.45) is 0 Å². The van der Waals surface area contributed by atoms with Crippen molar-refractivity contribution < 1.29 is 22.0 Å². The van der Waals surface area contributed by atoms with Crippen LogP contribution in [0.15, 0.2) is 50.3 Å². The van der Waals surface area contributed by atoms with E-state index in [2.05, 4.69) is 19.8 Å². The molecule has 3 aromatic rings. The lowest BCUT2D eigenvalue weighted by molar-refractivity contribution is 0.122. The largest absolute Gasteiger partial charge is 0.438 e. The van der Waals surface area contributed by atoms with Crippen molar-refractivity contribution >= 4 is 21.4 Å². The Kier molecular flexibility index (Phi) is 5.41. The lowest BCUT2D eigenvalue weighted by Crippen LogP contribution is -2.36. The summed E-state index contributed by atoms with van der Waals surface area (Å²) < 4.78 is 44.7. The van der Waals surface area contributed by atoms with E-state index in [1.54, 1.807) is 12.1 Å². The summed E-state index contributed by atoms with van der Waals surface area (Å²) in [5.74, 6) is 1.30. The van der Waals surface area contributed by atoms with E-state index in [0.717, 1.165) is 44.5 Å². The predicted molar refractivity (Wildman–Crippen MR) is 113 cm³/mol. The van der Waals surface area contributed by atoms with Crippen LogP contribution < -0.4 is 9.62 Å². The number of furan rings is 1. The number of ether oxygens (including phenoxy) is 1. The van der Waals surface area contributed by atoms with Crippen molar-refractivity contribution in [2.45, 2.75) is 36.7 Å². The molecule has 164 valence electrons. The van der Waals surface area contributed by atoms with Gasteiger partial charge in [0.15, 0.2) is 5.76 Å². The van der Waals surface area contributed by atoms with Gasteiger partial charge in [-0.05, 0) is 49.2 Å². The number of aromatic nitrogens is 2. The third kappa shape index (κ3) is 4.31. The molecular formula is C21H24N4O5S. The monoisotopic (exact) mass is 444 g/mol. The molecule has 2 aromatic heterocycles. The zero-order valence-electron chi connectivity index (χ0n) is 17.0. The van der Waals surface area contributed by atoms with Gasteiger partial charge in [-0.1, -0.05) is 12.8 Å². The van der Waals surface area contributed by atoms with Crippen molar-refractivity contribution in [1.29, 1.82) is 0 Å². The minimum atomic E-state index is -3.89. The van der Waals surface area contributed by atoms with Crippen LogP contribution in [0.4, 0.5) is 11.4 Å². The Morgan fingerprint density at radius 2 is 1.68 bits per heavy atom. The highest BCUT2D eigenvalue weighted by Crippen LogP contribution is 2.35. The molecule has 0 spiro atoms. The van der Waals surface area contributed by atoms with Gasteiger partial charge in [-0.2, -0.15) is 8.42 Å². The lowest BCUT2D eigenvalue weighted by atomic mass is 10.1. The van der Waals surface area contributed by atoms with Crippen LogP contribution in [-0.2, 0) is 14.8 Å². The van der Waals surface area contributed by atoms with Crippen molar-refractivity contribution in [3.63, 3.8) is 0 Å². The summed E-state index contributed by atoms with van der Waals surface area (Å²) in [5, 5.41) is 7.92. The average molecular weight is 445 g/mol. The van der Waals surface area contributed by atoms with Gasteiger partial charge in [0.25, 0.3) is 15.9 Å². The molecule has 31 heavy (non-hydrogen) atoms. The maximum absolute atomic E-state index is 12.7. The van der Waals surface area contributed by atoms with Crippen molar-refractivity contribution in [1.82, 2.24) is 10.2 Å². The third-order valence-corrected chi connectivity index (χ3v) is 6.95. The molecule has 2 fully saturated rings. The van der Waals surface area contributed by atoms with Crippen molar-refractivity contribution in [3.05, 3.63) is 42.3 Å². The fraction of sp³-hybridized carbons (Fsp3) is 0.429. The molecule has 3 heterocycles. The third-order valence-electron chi connectivity index (χ3n) is 5.70. The Labute approximate surface area is 180 Å². The van der Waals surface area contributed by atoms with Crippen LogP contribution in [0.25, 0.3) is 11.7 Å². The van der Waals surface area contributed by atoms with E-state index in [-0.39, 0.29) is 22.7 Å². The van der Waals surface area contributed by atoms with Crippen molar-refractivity contribution in [2.75, 3.05) is 35.9 Å². The lowest BCUT2D eigenvalue weighted by Gasteiger charge is -2.28. The Bertz CT molecular complexity index is 1130. The second-order valence-electron chi connectivity index (χ2n) is 7.80. The van der Waals surface area contributed by atoms with Gasteiger partial charge in [0, 0.05) is 30.4 Å². The standard InChI is InChI=1S/C21H24N4O5S/c26-31(27,24-16-5-7-17(8-6-16)25-11-13-28-14-12-25)19-10-9-18(29-19)21-23-22-20(30-21)15-3-1-2-4-15/h5-10,15,24H,1-4,11-14H2. The predicted octanol–water partition coefficient (Wildman–Crippen LogP) is 3.62. The zero-order chi connectivity index (χ0) is 21.3. The number of nitrogens with one attached hydrogen (secondary N) is 1. The molecule has 0 radical (unpaired) electrons. The number of anilines is 2. The number of sulfonamides is 1. The summed E-state index contributed by atoms with van der Waals surface area (Å²) in [6, 6.07) is 10.2. The first-order valence-corrected chi connectivity index (χ1v) is 12.0. The van der Waals surface area contributed by atoms with E-state index in [1.165, 1.54) is 12.1 Å². The second-order valence-corrected chi connectivity index (χ2v) is 9.41. The maximum Gasteiger partial charge on any atom is 0.295 e. The van der Waals surface area contributed by atoms with Gasteiger partial charge >= 0.3 is 0 Å². The molecule has 0 bridgehead atoms. The molecule has 1 aromatic carbocycles. The van der Waals surface area contributed by atoms with Gasteiger partial charge < -0.3 is 18.5 Å². The minimum Gasteiger partial charge on any atom is -0.438 e. The van der Waals surface area contributed by atoms with Gasteiger partial charge in [0.05, 0.1) is 13.2 Å². The van der Waals surface area contributed by atoms with E-state index < -0.39 is 10.0 Å². The Hall–Kier alpha value is -2.85. The first kappa shape index (κ1) is 20.1. The first-order valence-electron chi connectivity index (χ1n) is 10.5. The molecule has 1 aliphatic heterocycles. The minimum absolute atomic E-state index is 0.193. The smallest absolute Gasteiger partial charge is 0.295 e. The summed E-state index contributed by atoms with van der Waals surface area (Å²) in [7, 11) is -3.89. The van der Waals surface area contributed by atoms with Gasteiger partial charge in [-0.3, -0.25) is 4.72 Å². The van der Waals surface area contributed by atoms with Gasteiger partial charge in [0.1, 0.15) is 0 Å². The quantitative estimate of drug-likeness (QED) is 0.614. The molecule has 0 amide bonds. The zero-order valence-corrected chi connectivity index (χ0v) is 17.8. The molecule has 0 unspecified atom stereocenters. The summed E-state index contributed by atoms with van der Waals surface area (Å²) in [5.41, 5.74) is 1.48. The number of nitrogens with zero attached hydrogens (tertiary/aromatic N) is 3. The van der Waals surface area contributed by atoms with Gasteiger partial charge in [0.2, 0.25) is 11.0 Å². The molecule has 2 aliphatic rings. The molecule has 9 nitrogen and oxygen atoms in total.